The number of carbonyl (C=O) groups is 1. The second kappa shape index (κ2) is 6.51. The van der Waals surface area contributed by atoms with E-state index in [1.807, 2.05) is 6.92 Å². The molecule has 0 unspecified atom stereocenters. The van der Waals surface area contributed by atoms with Crippen molar-refractivity contribution in [1.29, 1.82) is 0 Å². The molecule has 0 radical (unpaired) electrons. The molecule has 5 atom stereocenters. The zero-order chi connectivity index (χ0) is 18.5. The molecular weight excluding hydrogens is 358 g/mol. The number of rotatable bonds is 4. The first-order valence-corrected chi connectivity index (χ1v) is 10.4. The highest BCUT2D eigenvalue weighted by Crippen LogP contribution is 2.45. The number of amides is 1. The monoisotopic (exact) mass is 381 g/mol. The largest absolute Gasteiger partial charge is 0.450 e. The van der Waals surface area contributed by atoms with Gasteiger partial charge in [-0.15, -0.1) is 0 Å². The van der Waals surface area contributed by atoms with Crippen molar-refractivity contribution in [2.45, 2.75) is 68.4 Å². The highest BCUT2D eigenvalue weighted by atomic mass is 32.2. The number of piperidine rings is 2. The predicted molar refractivity (Wildman–Crippen MR) is 92.2 cm³/mol. The van der Waals surface area contributed by atoms with Crippen LogP contribution in [0.5, 0.6) is 0 Å². The minimum atomic E-state index is -3.95. The maximum atomic E-state index is 12.8. The molecule has 0 N–H and O–H groups in total. The first-order valence-electron chi connectivity index (χ1n) is 9.01. The molecule has 4 rings (SSSR count). The topological polar surface area (TPSA) is 82.1 Å². The van der Waals surface area contributed by atoms with Crippen molar-refractivity contribution in [1.82, 2.24) is 4.90 Å². The van der Waals surface area contributed by atoms with Crippen LogP contribution in [-0.2, 0) is 23.8 Å². The molecule has 7 nitrogen and oxygen atoms in total. The number of hydrogen-bond donors (Lipinski definition) is 0. The third-order valence-corrected chi connectivity index (χ3v) is 6.81. The summed E-state index contributed by atoms with van der Waals surface area (Å²) in [5.41, 5.74) is 0.968. The quantitative estimate of drug-likeness (QED) is 0.744. The van der Waals surface area contributed by atoms with E-state index < -0.39 is 22.3 Å². The summed E-state index contributed by atoms with van der Waals surface area (Å²) in [6.07, 6.45) is 0.497. The molecule has 3 fully saturated rings. The summed E-state index contributed by atoms with van der Waals surface area (Å²) in [5.74, 6) is 0. The van der Waals surface area contributed by atoms with Crippen LogP contribution in [0.2, 0.25) is 0 Å². The minimum Gasteiger partial charge on any atom is -0.450 e. The summed E-state index contributed by atoms with van der Waals surface area (Å²) in [4.78, 5) is 14.2. The van der Waals surface area contributed by atoms with Gasteiger partial charge in [0, 0.05) is 0 Å². The van der Waals surface area contributed by atoms with Crippen molar-refractivity contribution >= 4 is 16.2 Å². The van der Waals surface area contributed by atoms with Gasteiger partial charge in [0.15, 0.2) is 0 Å². The van der Waals surface area contributed by atoms with Crippen molar-refractivity contribution in [2.24, 2.45) is 0 Å². The molecule has 3 bridgehead atoms. The van der Waals surface area contributed by atoms with Gasteiger partial charge in [0.2, 0.25) is 0 Å². The Morgan fingerprint density at radius 1 is 1.19 bits per heavy atom. The second-order valence-corrected chi connectivity index (χ2v) is 8.67. The predicted octanol–water partition coefficient (Wildman–Crippen LogP) is 2.23. The van der Waals surface area contributed by atoms with Gasteiger partial charge >= 0.3 is 6.09 Å². The third-order valence-electron chi connectivity index (χ3n) is 5.49. The lowest BCUT2D eigenvalue weighted by Gasteiger charge is -2.46. The van der Waals surface area contributed by atoms with E-state index in [1.165, 1.54) is 12.1 Å². The zero-order valence-corrected chi connectivity index (χ0v) is 15.6. The molecule has 1 aromatic rings. The van der Waals surface area contributed by atoms with Gasteiger partial charge in [0.1, 0.15) is 6.10 Å². The van der Waals surface area contributed by atoms with Crippen LogP contribution in [-0.4, -0.2) is 56.4 Å². The highest BCUT2D eigenvalue weighted by molar-refractivity contribution is 7.86. The van der Waals surface area contributed by atoms with Crippen LogP contribution in [0.15, 0.2) is 29.2 Å². The lowest BCUT2D eigenvalue weighted by molar-refractivity contribution is -0.0277. The number of carbonyl (C=O) groups excluding carboxylic acids is 1. The fourth-order valence-corrected chi connectivity index (χ4v) is 5.44. The lowest BCUT2D eigenvalue weighted by atomic mass is 9.83. The minimum absolute atomic E-state index is 0.0558. The van der Waals surface area contributed by atoms with E-state index in [9.17, 15) is 13.2 Å². The number of ether oxygens (including phenoxy) is 2. The van der Waals surface area contributed by atoms with Gasteiger partial charge in [-0.1, -0.05) is 17.7 Å². The average molecular weight is 381 g/mol. The maximum absolute atomic E-state index is 12.8. The van der Waals surface area contributed by atoms with Gasteiger partial charge in [-0.3, -0.25) is 9.08 Å². The summed E-state index contributed by atoms with van der Waals surface area (Å²) in [5, 5.41) is 0. The van der Waals surface area contributed by atoms with Gasteiger partial charge in [-0.05, 0) is 45.2 Å². The van der Waals surface area contributed by atoms with E-state index in [0.717, 1.165) is 12.0 Å². The Kier molecular flexibility index (Phi) is 4.45. The number of benzene rings is 1. The van der Waals surface area contributed by atoms with Crippen molar-refractivity contribution in [2.75, 3.05) is 6.61 Å². The van der Waals surface area contributed by atoms with Gasteiger partial charge in [0.05, 0.1) is 35.8 Å². The summed E-state index contributed by atoms with van der Waals surface area (Å²) < 4.78 is 42.3. The molecule has 0 aliphatic carbocycles. The number of aryl methyl sites for hydroxylation is 1. The van der Waals surface area contributed by atoms with Gasteiger partial charge in [-0.2, -0.15) is 8.42 Å². The molecule has 0 saturated carbocycles. The Bertz CT molecular complexity index is 792. The molecule has 8 heteroatoms. The van der Waals surface area contributed by atoms with Crippen LogP contribution in [0.25, 0.3) is 0 Å². The smallest absolute Gasteiger partial charge is 0.410 e. The van der Waals surface area contributed by atoms with Crippen molar-refractivity contribution in [3.8, 4) is 0 Å². The van der Waals surface area contributed by atoms with Crippen molar-refractivity contribution in [3.05, 3.63) is 29.8 Å². The van der Waals surface area contributed by atoms with E-state index in [2.05, 4.69) is 0 Å². The summed E-state index contributed by atoms with van der Waals surface area (Å²) in [6.45, 7) is 3.92. The summed E-state index contributed by atoms with van der Waals surface area (Å²) in [6, 6.07) is 6.13. The molecule has 3 aliphatic rings. The van der Waals surface area contributed by atoms with Crippen LogP contribution in [0.4, 0.5) is 4.79 Å². The average Bonchev–Trinajstić information content (AvgIpc) is 2.91. The van der Waals surface area contributed by atoms with Crippen LogP contribution < -0.4 is 0 Å². The molecule has 1 aromatic carbocycles. The van der Waals surface area contributed by atoms with Crippen LogP contribution >= 0.6 is 0 Å². The molecule has 3 saturated heterocycles. The molecule has 142 valence electrons. The van der Waals surface area contributed by atoms with Gasteiger partial charge in [-0.25, -0.2) is 4.79 Å². The highest BCUT2D eigenvalue weighted by Gasteiger charge is 2.58. The summed E-state index contributed by atoms with van der Waals surface area (Å²) >= 11 is 0. The number of nitrogens with zero attached hydrogens (tertiary/aromatic N) is 1. The van der Waals surface area contributed by atoms with E-state index in [1.54, 1.807) is 24.0 Å². The third kappa shape index (κ3) is 2.90. The van der Waals surface area contributed by atoms with Gasteiger partial charge < -0.3 is 9.47 Å². The first-order chi connectivity index (χ1) is 12.4. The maximum Gasteiger partial charge on any atom is 0.410 e. The normalized spacial score (nSPS) is 32.7. The number of hydrogen-bond acceptors (Lipinski definition) is 6. The van der Waals surface area contributed by atoms with Crippen LogP contribution in [0.3, 0.4) is 0 Å². The fraction of sp³-hybridized carbons (Fsp3) is 0.611. The van der Waals surface area contributed by atoms with E-state index in [4.69, 9.17) is 13.7 Å². The van der Waals surface area contributed by atoms with Crippen LogP contribution in [0, 0.1) is 6.92 Å². The van der Waals surface area contributed by atoms with E-state index in [-0.39, 0.29) is 35.8 Å². The van der Waals surface area contributed by atoms with E-state index >= 15 is 0 Å². The Labute approximate surface area is 153 Å². The zero-order valence-electron chi connectivity index (χ0n) is 14.8. The Morgan fingerprint density at radius 3 is 2.62 bits per heavy atom. The molecular formula is C18H23NO6S. The van der Waals surface area contributed by atoms with Crippen molar-refractivity contribution < 1.29 is 26.9 Å². The second-order valence-electron chi connectivity index (χ2n) is 7.09. The Hall–Kier alpha value is -1.64. The molecule has 3 aliphatic heterocycles. The summed E-state index contributed by atoms with van der Waals surface area (Å²) in [7, 11) is -3.95. The van der Waals surface area contributed by atoms with E-state index in [0.29, 0.717) is 12.8 Å². The fourth-order valence-electron chi connectivity index (χ4n) is 4.32. The number of fused-ring (bicyclic) bond motifs is 2. The molecule has 0 spiro atoms. The molecule has 3 heterocycles. The SMILES string of the molecule is CCOC(=O)N1[C@H]2CC[C@@H]3O[C@@H](C[C@@H]31)[C@@H]2OS(=O)(=O)c1ccc(C)cc1. The van der Waals surface area contributed by atoms with Gasteiger partial charge in [0.25, 0.3) is 10.1 Å². The van der Waals surface area contributed by atoms with Crippen molar-refractivity contribution in [3.63, 3.8) is 0 Å². The Morgan fingerprint density at radius 2 is 1.92 bits per heavy atom. The standard InChI is InChI=1S/C18H23NO6S/c1-3-23-18(20)19-13-8-9-15-14(19)10-16(24-15)17(13)25-26(21,22)12-6-4-11(2)5-7-12/h4-7,13-17H,3,8-10H2,1-2H3/t13-,14-,15-,16-,17+/m0/s1. The van der Waals surface area contributed by atoms with Crippen LogP contribution in [0.1, 0.15) is 31.7 Å². The first kappa shape index (κ1) is 17.8. The Balaban J connectivity index is 1.61. The molecule has 0 aromatic heterocycles. The molecule has 26 heavy (non-hydrogen) atoms. The lowest BCUT2D eigenvalue weighted by Crippen LogP contribution is -2.62. The molecule has 1 amide bonds.